The first kappa shape index (κ1) is 5.96. The molecule has 1 aromatic rings. The van der Waals surface area contributed by atoms with Crippen molar-refractivity contribution in [1.29, 1.82) is 0 Å². The molecule has 0 unspecified atom stereocenters. The van der Waals surface area contributed by atoms with Gasteiger partial charge >= 0.3 is 0 Å². The average Bonchev–Trinajstić information content (AvgIpc) is 2.37. The minimum atomic E-state index is -0.0104. The Kier molecular flexibility index (Phi) is 1.59. The van der Waals surface area contributed by atoms with Gasteiger partial charge in [-0.1, -0.05) is 9.64 Å². The molecule has 0 aliphatic rings. The first-order valence-corrected chi connectivity index (χ1v) is 2.93. The largest absolute Gasteiger partial charge is 0.409 e. The van der Waals surface area contributed by atoms with E-state index in [0.29, 0.717) is 5.69 Å². The summed E-state index contributed by atoms with van der Waals surface area (Å²) in [6, 6.07) is 0. The molecule has 0 bridgehead atoms. The van der Waals surface area contributed by atoms with Crippen LogP contribution in [0.5, 0.6) is 0 Å². The molecule has 1 rings (SSSR count). The molecule has 0 aromatic carbocycles. The Bertz CT molecular complexity index is 206. The van der Waals surface area contributed by atoms with Crippen molar-refractivity contribution in [2.24, 2.45) is 10.9 Å². The van der Waals surface area contributed by atoms with E-state index in [1.54, 1.807) is 5.38 Å². The number of hydrogen-bond donors (Lipinski definition) is 2. The Morgan fingerprint density at radius 2 is 2.67 bits per heavy atom. The van der Waals surface area contributed by atoms with E-state index in [9.17, 15) is 0 Å². The normalized spacial score (nSPS) is 11.8. The number of amidine groups is 1. The van der Waals surface area contributed by atoms with Gasteiger partial charge in [-0.3, -0.25) is 0 Å². The maximum Gasteiger partial charge on any atom is 0.191 e. The fourth-order valence-corrected chi connectivity index (χ4v) is 0.777. The lowest BCUT2D eigenvalue weighted by atomic mass is 10.5. The van der Waals surface area contributed by atoms with E-state index in [0.717, 1.165) is 11.5 Å². The standard InChI is InChI=1S/C3H4N4OS/c4-3(6-8)2-1-9-7-5-2/h1,8H,(H2,4,6). The van der Waals surface area contributed by atoms with Crippen molar-refractivity contribution < 1.29 is 5.21 Å². The van der Waals surface area contributed by atoms with Crippen molar-refractivity contribution in [1.82, 2.24) is 9.59 Å². The van der Waals surface area contributed by atoms with E-state index in [1.807, 2.05) is 0 Å². The van der Waals surface area contributed by atoms with Crippen LogP contribution in [-0.4, -0.2) is 20.6 Å². The highest BCUT2D eigenvalue weighted by Gasteiger charge is 1.99. The molecule has 48 valence electrons. The van der Waals surface area contributed by atoms with Crippen LogP contribution >= 0.6 is 11.5 Å². The maximum absolute atomic E-state index is 8.11. The zero-order valence-corrected chi connectivity index (χ0v) is 5.17. The summed E-state index contributed by atoms with van der Waals surface area (Å²) in [7, 11) is 0. The van der Waals surface area contributed by atoms with Gasteiger partial charge < -0.3 is 10.9 Å². The van der Waals surface area contributed by atoms with Crippen molar-refractivity contribution in [3.8, 4) is 0 Å². The van der Waals surface area contributed by atoms with Crippen LogP contribution in [0.25, 0.3) is 0 Å². The van der Waals surface area contributed by atoms with E-state index < -0.39 is 0 Å². The third-order valence-electron chi connectivity index (χ3n) is 0.730. The molecule has 0 atom stereocenters. The van der Waals surface area contributed by atoms with Crippen LogP contribution in [-0.2, 0) is 0 Å². The summed E-state index contributed by atoms with van der Waals surface area (Å²) in [5, 5.41) is 16.0. The van der Waals surface area contributed by atoms with Gasteiger partial charge in [-0.15, -0.1) is 5.10 Å². The molecule has 1 heterocycles. The van der Waals surface area contributed by atoms with Gasteiger partial charge in [0, 0.05) is 5.38 Å². The van der Waals surface area contributed by atoms with Crippen LogP contribution in [0, 0.1) is 0 Å². The number of nitrogens with two attached hydrogens (primary N) is 1. The summed E-state index contributed by atoms with van der Waals surface area (Å²) < 4.78 is 3.51. The van der Waals surface area contributed by atoms with Gasteiger partial charge in [0.25, 0.3) is 0 Å². The molecule has 0 amide bonds. The Labute approximate surface area is 55.0 Å². The molecule has 1 aromatic heterocycles. The molecule has 5 nitrogen and oxygen atoms in total. The Hall–Kier alpha value is -1.17. The summed E-state index contributed by atoms with van der Waals surface area (Å²) in [6.45, 7) is 0. The Balaban J connectivity index is 2.90. The molecular formula is C3H4N4OS. The van der Waals surface area contributed by atoms with Crippen LogP contribution in [0.4, 0.5) is 0 Å². The van der Waals surface area contributed by atoms with Crippen molar-refractivity contribution in [2.75, 3.05) is 0 Å². The molecule has 0 saturated carbocycles. The fourth-order valence-electron chi connectivity index (χ4n) is 0.327. The molecule has 3 N–H and O–H groups in total. The van der Waals surface area contributed by atoms with Gasteiger partial charge in [-0.25, -0.2) is 0 Å². The number of oxime groups is 1. The topological polar surface area (TPSA) is 84.4 Å². The van der Waals surface area contributed by atoms with Crippen molar-refractivity contribution in [3.05, 3.63) is 11.1 Å². The monoisotopic (exact) mass is 144 g/mol. The van der Waals surface area contributed by atoms with Crippen LogP contribution in [0.15, 0.2) is 10.5 Å². The first-order valence-electron chi connectivity index (χ1n) is 2.09. The zero-order chi connectivity index (χ0) is 6.69. The second-order valence-electron chi connectivity index (χ2n) is 1.28. The lowest BCUT2D eigenvalue weighted by molar-refractivity contribution is 0.318. The Morgan fingerprint density at radius 1 is 1.89 bits per heavy atom. The first-order chi connectivity index (χ1) is 4.34. The maximum atomic E-state index is 8.11. The summed E-state index contributed by atoms with van der Waals surface area (Å²) >= 11 is 1.15. The average molecular weight is 144 g/mol. The van der Waals surface area contributed by atoms with Gasteiger partial charge in [0.1, 0.15) is 5.69 Å². The van der Waals surface area contributed by atoms with Gasteiger partial charge in [0.05, 0.1) is 0 Å². The summed E-state index contributed by atoms with van der Waals surface area (Å²) in [6.07, 6.45) is 0. The van der Waals surface area contributed by atoms with Crippen LogP contribution in [0.2, 0.25) is 0 Å². The lowest BCUT2D eigenvalue weighted by Crippen LogP contribution is -2.13. The molecule has 9 heavy (non-hydrogen) atoms. The summed E-state index contributed by atoms with van der Waals surface area (Å²) in [4.78, 5) is 0. The molecule has 0 spiro atoms. The van der Waals surface area contributed by atoms with Crippen molar-refractivity contribution in [2.45, 2.75) is 0 Å². The minimum Gasteiger partial charge on any atom is -0.409 e. The number of hydrogen-bond acceptors (Lipinski definition) is 5. The predicted octanol–water partition coefficient (Wildman–Crippen LogP) is -0.367. The highest BCUT2D eigenvalue weighted by molar-refractivity contribution is 7.03. The van der Waals surface area contributed by atoms with Crippen molar-refractivity contribution in [3.63, 3.8) is 0 Å². The molecule has 0 aliphatic carbocycles. The van der Waals surface area contributed by atoms with Gasteiger partial charge in [0.2, 0.25) is 0 Å². The molecule has 0 fully saturated rings. The molecule has 0 saturated heterocycles. The zero-order valence-electron chi connectivity index (χ0n) is 4.35. The number of aromatic nitrogens is 2. The van der Waals surface area contributed by atoms with Gasteiger partial charge in [-0.05, 0) is 11.5 Å². The third kappa shape index (κ3) is 1.14. The SMILES string of the molecule is N/C(=N\O)c1csnn1. The smallest absolute Gasteiger partial charge is 0.191 e. The molecular weight excluding hydrogens is 140 g/mol. The van der Waals surface area contributed by atoms with Gasteiger partial charge in [-0.2, -0.15) is 0 Å². The predicted molar refractivity (Wildman–Crippen MR) is 32.4 cm³/mol. The highest BCUT2D eigenvalue weighted by atomic mass is 32.1. The van der Waals surface area contributed by atoms with Crippen molar-refractivity contribution >= 4 is 17.4 Å². The van der Waals surface area contributed by atoms with Gasteiger partial charge in [0.15, 0.2) is 5.84 Å². The highest BCUT2D eigenvalue weighted by Crippen LogP contribution is 1.94. The van der Waals surface area contributed by atoms with E-state index in [4.69, 9.17) is 10.9 Å². The fraction of sp³-hybridized carbons (Fsp3) is 0. The number of nitrogens with zero attached hydrogens (tertiary/aromatic N) is 3. The minimum absolute atomic E-state index is 0.0104. The van der Waals surface area contributed by atoms with E-state index >= 15 is 0 Å². The molecule has 0 aliphatic heterocycles. The van der Waals surface area contributed by atoms with Crippen LogP contribution in [0.1, 0.15) is 5.69 Å². The van der Waals surface area contributed by atoms with Crippen LogP contribution in [0.3, 0.4) is 0 Å². The van der Waals surface area contributed by atoms with E-state index in [1.165, 1.54) is 0 Å². The number of rotatable bonds is 1. The summed E-state index contributed by atoms with van der Waals surface area (Å²) in [5.41, 5.74) is 5.55. The molecule has 6 heteroatoms. The second-order valence-corrected chi connectivity index (χ2v) is 1.89. The molecule has 0 radical (unpaired) electrons. The van der Waals surface area contributed by atoms with E-state index in [-0.39, 0.29) is 5.84 Å². The third-order valence-corrected chi connectivity index (χ3v) is 1.23. The Morgan fingerprint density at radius 3 is 3.11 bits per heavy atom. The quantitative estimate of drug-likeness (QED) is 0.244. The summed E-state index contributed by atoms with van der Waals surface area (Å²) in [5.74, 6) is -0.0104. The lowest BCUT2D eigenvalue weighted by Gasteiger charge is -1.84. The van der Waals surface area contributed by atoms with E-state index in [2.05, 4.69) is 14.7 Å². The van der Waals surface area contributed by atoms with Crippen LogP contribution < -0.4 is 5.73 Å². The second kappa shape index (κ2) is 2.40.